The van der Waals surface area contributed by atoms with Crippen LogP contribution in [-0.4, -0.2) is 23.5 Å². The number of nitrogen functional groups attached to an aromatic ring is 1. The average Bonchev–Trinajstić information content (AvgIpc) is 2.56. The highest BCUT2D eigenvalue weighted by Crippen LogP contribution is 2.21. The van der Waals surface area contributed by atoms with Crippen molar-refractivity contribution in [2.24, 2.45) is 0 Å². The highest BCUT2D eigenvalue weighted by atomic mass is 32.1. The minimum atomic E-state index is 0.127. The van der Waals surface area contributed by atoms with Crippen LogP contribution in [0.3, 0.4) is 0 Å². The molecule has 5 nitrogen and oxygen atoms in total. The Morgan fingerprint density at radius 1 is 1.71 bits per heavy atom. The summed E-state index contributed by atoms with van der Waals surface area (Å²) in [5.74, 6) is 0.127. The predicted octanol–water partition coefficient (Wildman–Crippen LogP) is 0.416. The molecule has 1 amide bonds. The number of hydrogen-bond acceptors (Lipinski definition) is 5. The summed E-state index contributed by atoms with van der Waals surface area (Å²) in [7, 11) is 0. The molecule has 0 saturated carbocycles. The molecule has 1 fully saturated rings. The van der Waals surface area contributed by atoms with E-state index < -0.39 is 0 Å². The number of anilines is 2. The van der Waals surface area contributed by atoms with Crippen LogP contribution in [0.2, 0.25) is 0 Å². The first-order chi connectivity index (χ1) is 6.74. The van der Waals surface area contributed by atoms with Crippen LogP contribution in [-0.2, 0) is 4.79 Å². The molecule has 4 N–H and O–H groups in total. The van der Waals surface area contributed by atoms with Gasteiger partial charge in [-0.05, 0) is 6.42 Å². The second-order valence-electron chi connectivity index (χ2n) is 3.25. The lowest BCUT2D eigenvalue weighted by atomic mass is 10.1. The summed E-state index contributed by atoms with van der Waals surface area (Å²) in [5, 5.41) is 7.56. The van der Waals surface area contributed by atoms with E-state index in [1.807, 2.05) is 0 Å². The van der Waals surface area contributed by atoms with E-state index in [0.29, 0.717) is 18.0 Å². The van der Waals surface area contributed by atoms with Crippen molar-refractivity contribution in [2.75, 3.05) is 17.6 Å². The van der Waals surface area contributed by atoms with Crippen LogP contribution in [0, 0.1) is 0 Å². The Labute approximate surface area is 85.7 Å². The Bertz CT molecular complexity index is 328. The molecule has 1 aromatic heterocycles. The molecule has 14 heavy (non-hydrogen) atoms. The average molecular weight is 212 g/mol. The molecular formula is C8H12N4OS. The number of nitrogens with zero attached hydrogens (tertiary/aromatic N) is 1. The van der Waals surface area contributed by atoms with Crippen molar-refractivity contribution < 1.29 is 4.79 Å². The Morgan fingerprint density at radius 3 is 3.14 bits per heavy atom. The fourth-order valence-electron chi connectivity index (χ4n) is 1.38. The monoisotopic (exact) mass is 212 g/mol. The summed E-state index contributed by atoms with van der Waals surface area (Å²) in [6.07, 6.45) is 3.07. The van der Waals surface area contributed by atoms with Crippen LogP contribution in [0.25, 0.3) is 0 Å². The minimum Gasteiger partial charge on any atom is -0.389 e. The zero-order valence-corrected chi connectivity index (χ0v) is 8.43. The van der Waals surface area contributed by atoms with E-state index in [2.05, 4.69) is 15.6 Å². The third-order valence-corrected chi connectivity index (χ3v) is 2.87. The third kappa shape index (κ3) is 2.14. The maximum Gasteiger partial charge on any atom is 0.220 e. The van der Waals surface area contributed by atoms with E-state index in [9.17, 15) is 4.79 Å². The Balaban J connectivity index is 1.89. The maximum atomic E-state index is 10.9. The molecule has 1 atom stereocenters. The summed E-state index contributed by atoms with van der Waals surface area (Å²) >= 11 is 1.43. The van der Waals surface area contributed by atoms with Gasteiger partial charge >= 0.3 is 0 Å². The minimum absolute atomic E-state index is 0.127. The third-order valence-electron chi connectivity index (χ3n) is 2.12. The number of carbonyl (C=O) groups excluding carboxylic acids is 1. The van der Waals surface area contributed by atoms with Gasteiger partial charge in [-0.3, -0.25) is 4.79 Å². The van der Waals surface area contributed by atoms with Gasteiger partial charge in [0.25, 0.3) is 0 Å². The smallest absolute Gasteiger partial charge is 0.220 e. The van der Waals surface area contributed by atoms with Gasteiger partial charge in [-0.15, -0.1) is 0 Å². The lowest BCUT2D eigenvalue weighted by Gasteiger charge is -2.22. The standard InChI is InChI=1S/C8H12N4OS/c9-6-4-11-8(14-6)12-5-1-2-7(13)10-3-5/h4-5H,1-3,9H2,(H,10,13)(H,11,12). The summed E-state index contributed by atoms with van der Waals surface area (Å²) < 4.78 is 0. The highest BCUT2D eigenvalue weighted by Gasteiger charge is 2.18. The molecule has 1 aliphatic rings. The quantitative estimate of drug-likeness (QED) is 0.663. The van der Waals surface area contributed by atoms with Crippen molar-refractivity contribution in [1.82, 2.24) is 10.3 Å². The summed E-state index contributed by atoms with van der Waals surface area (Å²) in [4.78, 5) is 15.0. The van der Waals surface area contributed by atoms with Gasteiger partial charge in [0, 0.05) is 19.0 Å². The van der Waals surface area contributed by atoms with Crippen molar-refractivity contribution in [2.45, 2.75) is 18.9 Å². The number of rotatable bonds is 2. The largest absolute Gasteiger partial charge is 0.389 e. The predicted molar refractivity (Wildman–Crippen MR) is 56.2 cm³/mol. The van der Waals surface area contributed by atoms with Gasteiger partial charge < -0.3 is 16.4 Å². The van der Waals surface area contributed by atoms with E-state index in [-0.39, 0.29) is 11.9 Å². The van der Waals surface area contributed by atoms with Crippen LogP contribution < -0.4 is 16.4 Å². The number of aromatic nitrogens is 1. The van der Waals surface area contributed by atoms with Crippen molar-refractivity contribution in [1.29, 1.82) is 0 Å². The summed E-state index contributed by atoms with van der Waals surface area (Å²) in [5.41, 5.74) is 5.55. The molecule has 0 radical (unpaired) electrons. The van der Waals surface area contributed by atoms with Crippen LogP contribution >= 0.6 is 11.3 Å². The first-order valence-corrected chi connectivity index (χ1v) is 5.30. The van der Waals surface area contributed by atoms with Gasteiger partial charge in [-0.2, -0.15) is 0 Å². The van der Waals surface area contributed by atoms with Gasteiger partial charge in [0.2, 0.25) is 5.91 Å². The topological polar surface area (TPSA) is 80.0 Å². The Hall–Kier alpha value is -1.30. The lowest BCUT2D eigenvalue weighted by molar-refractivity contribution is -0.122. The van der Waals surface area contributed by atoms with Gasteiger partial charge in [0.15, 0.2) is 5.13 Å². The number of nitrogens with two attached hydrogens (primary N) is 1. The molecule has 0 bridgehead atoms. The van der Waals surface area contributed by atoms with Crippen LogP contribution in [0.15, 0.2) is 6.20 Å². The van der Waals surface area contributed by atoms with E-state index in [1.165, 1.54) is 11.3 Å². The van der Waals surface area contributed by atoms with Gasteiger partial charge in [0.05, 0.1) is 6.20 Å². The summed E-state index contributed by atoms with van der Waals surface area (Å²) in [6, 6.07) is 0.276. The van der Waals surface area contributed by atoms with Gasteiger partial charge in [-0.1, -0.05) is 11.3 Å². The Kier molecular flexibility index (Phi) is 2.53. The molecule has 0 spiro atoms. The van der Waals surface area contributed by atoms with Crippen molar-refractivity contribution in [3.05, 3.63) is 6.20 Å². The molecule has 1 unspecified atom stereocenters. The highest BCUT2D eigenvalue weighted by molar-refractivity contribution is 7.19. The number of piperidine rings is 1. The second-order valence-corrected chi connectivity index (χ2v) is 4.31. The number of amides is 1. The SMILES string of the molecule is Nc1cnc(NC2CCC(=O)NC2)s1. The van der Waals surface area contributed by atoms with Crippen molar-refractivity contribution >= 4 is 27.4 Å². The molecule has 1 aromatic rings. The number of thiazole rings is 1. The molecule has 0 aromatic carbocycles. The molecule has 1 aliphatic heterocycles. The first kappa shape index (κ1) is 9.26. The molecular weight excluding hydrogens is 200 g/mol. The van der Waals surface area contributed by atoms with Crippen LogP contribution in [0.5, 0.6) is 0 Å². The van der Waals surface area contributed by atoms with E-state index in [1.54, 1.807) is 6.20 Å². The van der Waals surface area contributed by atoms with Crippen molar-refractivity contribution in [3.8, 4) is 0 Å². The number of nitrogens with one attached hydrogen (secondary N) is 2. The summed E-state index contributed by atoms with van der Waals surface area (Å²) in [6.45, 7) is 0.665. The van der Waals surface area contributed by atoms with Crippen LogP contribution in [0.1, 0.15) is 12.8 Å². The molecule has 6 heteroatoms. The van der Waals surface area contributed by atoms with Gasteiger partial charge in [-0.25, -0.2) is 4.98 Å². The molecule has 0 aliphatic carbocycles. The molecule has 2 rings (SSSR count). The zero-order valence-electron chi connectivity index (χ0n) is 7.62. The van der Waals surface area contributed by atoms with Gasteiger partial charge in [0.1, 0.15) is 5.00 Å². The van der Waals surface area contributed by atoms with Crippen LogP contribution in [0.4, 0.5) is 10.1 Å². The molecule has 76 valence electrons. The lowest BCUT2D eigenvalue weighted by Crippen LogP contribution is -2.41. The fourth-order valence-corrected chi connectivity index (χ4v) is 2.04. The van der Waals surface area contributed by atoms with E-state index in [0.717, 1.165) is 11.6 Å². The van der Waals surface area contributed by atoms with E-state index >= 15 is 0 Å². The first-order valence-electron chi connectivity index (χ1n) is 4.48. The normalized spacial score (nSPS) is 21.7. The van der Waals surface area contributed by atoms with Crippen molar-refractivity contribution in [3.63, 3.8) is 0 Å². The number of hydrogen-bond donors (Lipinski definition) is 3. The van der Waals surface area contributed by atoms with E-state index in [4.69, 9.17) is 5.73 Å². The maximum absolute atomic E-state index is 10.9. The Morgan fingerprint density at radius 2 is 2.57 bits per heavy atom. The fraction of sp³-hybridized carbons (Fsp3) is 0.500. The molecule has 1 saturated heterocycles. The zero-order chi connectivity index (χ0) is 9.97. The number of carbonyl (C=O) groups is 1. The molecule has 2 heterocycles. The second kappa shape index (κ2) is 3.83.